The Morgan fingerprint density at radius 1 is 1.50 bits per heavy atom. The minimum atomic E-state index is 0.528. The van der Waals surface area contributed by atoms with Gasteiger partial charge in [-0.2, -0.15) is 0 Å². The molecule has 0 aromatic rings. The summed E-state index contributed by atoms with van der Waals surface area (Å²) in [6.45, 7) is 8.02. The molecule has 0 rings (SSSR count). The lowest BCUT2D eigenvalue weighted by atomic mass is 10.4. The van der Waals surface area contributed by atoms with E-state index in [0.717, 1.165) is 25.8 Å². The van der Waals surface area contributed by atoms with E-state index in [1.165, 1.54) is 0 Å². The summed E-state index contributed by atoms with van der Waals surface area (Å²) in [5, 5.41) is 0. The van der Waals surface area contributed by atoms with E-state index >= 15 is 0 Å². The number of carbonyl (C=O) groups is 1. The Labute approximate surface area is 62.5 Å². The predicted molar refractivity (Wildman–Crippen MR) is 43.0 cm³/mol. The highest BCUT2D eigenvalue weighted by Crippen LogP contribution is 1.88. The molecule has 2 heteroatoms. The molecule has 0 saturated heterocycles. The van der Waals surface area contributed by atoms with Gasteiger partial charge in [0.1, 0.15) is 6.29 Å². The summed E-state index contributed by atoms with van der Waals surface area (Å²) in [6, 6.07) is 0. The molecule has 0 aliphatic heterocycles. The van der Waals surface area contributed by atoms with E-state index in [-0.39, 0.29) is 0 Å². The maximum absolute atomic E-state index is 10.1. The summed E-state index contributed by atoms with van der Waals surface area (Å²) < 4.78 is 0. The van der Waals surface area contributed by atoms with Gasteiger partial charge in [0, 0.05) is 6.54 Å². The van der Waals surface area contributed by atoms with Gasteiger partial charge >= 0.3 is 0 Å². The molecule has 0 unspecified atom stereocenters. The van der Waals surface area contributed by atoms with Crippen molar-refractivity contribution in [1.82, 2.24) is 4.90 Å². The first-order valence-electron chi connectivity index (χ1n) is 3.62. The van der Waals surface area contributed by atoms with Crippen LogP contribution in [-0.2, 0) is 4.79 Å². The SMILES string of the molecule is C=CCN(CC=O)CCC. The molecule has 0 aromatic heterocycles. The summed E-state index contributed by atoms with van der Waals surface area (Å²) >= 11 is 0. The van der Waals surface area contributed by atoms with E-state index in [2.05, 4.69) is 18.4 Å². The molecule has 0 atom stereocenters. The highest BCUT2D eigenvalue weighted by Gasteiger charge is 1.97. The van der Waals surface area contributed by atoms with Crippen LogP contribution < -0.4 is 0 Å². The Kier molecular flexibility index (Phi) is 6.08. The second-order valence-corrected chi connectivity index (χ2v) is 2.21. The van der Waals surface area contributed by atoms with Gasteiger partial charge in [0.25, 0.3) is 0 Å². The predicted octanol–water partition coefficient (Wildman–Crippen LogP) is 1.08. The van der Waals surface area contributed by atoms with Crippen molar-refractivity contribution in [2.24, 2.45) is 0 Å². The highest BCUT2D eigenvalue weighted by atomic mass is 16.1. The largest absolute Gasteiger partial charge is 0.302 e. The van der Waals surface area contributed by atoms with Crippen LogP contribution in [0.5, 0.6) is 0 Å². The third kappa shape index (κ3) is 4.27. The first-order valence-corrected chi connectivity index (χ1v) is 3.62. The van der Waals surface area contributed by atoms with Gasteiger partial charge in [-0.25, -0.2) is 0 Å². The lowest BCUT2D eigenvalue weighted by Gasteiger charge is -2.15. The van der Waals surface area contributed by atoms with Crippen molar-refractivity contribution in [1.29, 1.82) is 0 Å². The smallest absolute Gasteiger partial charge is 0.133 e. The van der Waals surface area contributed by atoms with Gasteiger partial charge in [-0.05, 0) is 13.0 Å². The molecule has 2 nitrogen and oxygen atoms in total. The molecular weight excluding hydrogens is 126 g/mol. The molecule has 0 aromatic carbocycles. The Morgan fingerprint density at radius 2 is 2.20 bits per heavy atom. The summed E-state index contributed by atoms with van der Waals surface area (Å²) in [5.74, 6) is 0. The molecule has 0 N–H and O–H groups in total. The molecule has 0 spiro atoms. The van der Waals surface area contributed by atoms with Crippen LogP contribution >= 0.6 is 0 Å². The van der Waals surface area contributed by atoms with E-state index in [4.69, 9.17) is 0 Å². The molecule has 10 heavy (non-hydrogen) atoms. The number of aldehydes is 1. The minimum absolute atomic E-state index is 0.528. The number of nitrogens with zero attached hydrogens (tertiary/aromatic N) is 1. The lowest BCUT2D eigenvalue weighted by molar-refractivity contribution is -0.108. The quantitative estimate of drug-likeness (QED) is 0.407. The topological polar surface area (TPSA) is 20.3 Å². The van der Waals surface area contributed by atoms with E-state index in [0.29, 0.717) is 6.54 Å². The van der Waals surface area contributed by atoms with Crippen LogP contribution in [0.2, 0.25) is 0 Å². The average molecular weight is 141 g/mol. The second kappa shape index (κ2) is 6.49. The van der Waals surface area contributed by atoms with Gasteiger partial charge in [-0.15, -0.1) is 6.58 Å². The van der Waals surface area contributed by atoms with Gasteiger partial charge in [0.15, 0.2) is 0 Å². The van der Waals surface area contributed by atoms with Crippen molar-refractivity contribution < 1.29 is 4.79 Å². The van der Waals surface area contributed by atoms with Gasteiger partial charge in [-0.1, -0.05) is 13.0 Å². The highest BCUT2D eigenvalue weighted by molar-refractivity contribution is 5.51. The van der Waals surface area contributed by atoms with Crippen LogP contribution in [0.4, 0.5) is 0 Å². The summed E-state index contributed by atoms with van der Waals surface area (Å²) in [5.41, 5.74) is 0. The molecule has 0 amide bonds. The molecule has 0 radical (unpaired) electrons. The summed E-state index contributed by atoms with van der Waals surface area (Å²) in [6.07, 6.45) is 3.83. The lowest BCUT2D eigenvalue weighted by Crippen LogP contribution is -2.26. The fraction of sp³-hybridized carbons (Fsp3) is 0.625. The van der Waals surface area contributed by atoms with Crippen molar-refractivity contribution in [2.75, 3.05) is 19.6 Å². The molecule has 58 valence electrons. The fourth-order valence-electron chi connectivity index (χ4n) is 0.861. The summed E-state index contributed by atoms with van der Waals surface area (Å²) in [4.78, 5) is 12.1. The second-order valence-electron chi connectivity index (χ2n) is 2.21. The first kappa shape index (κ1) is 9.37. The zero-order chi connectivity index (χ0) is 7.82. The monoisotopic (exact) mass is 141 g/mol. The molecule has 0 saturated carbocycles. The van der Waals surface area contributed by atoms with Gasteiger partial charge < -0.3 is 4.79 Å². The zero-order valence-electron chi connectivity index (χ0n) is 6.55. The van der Waals surface area contributed by atoms with Gasteiger partial charge in [0.05, 0.1) is 6.54 Å². The Morgan fingerprint density at radius 3 is 2.60 bits per heavy atom. The van der Waals surface area contributed by atoms with Crippen molar-refractivity contribution in [2.45, 2.75) is 13.3 Å². The standard InChI is InChI=1S/C8H15NO/c1-3-5-9(6-4-2)7-8-10/h3,8H,1,4-7H2,2H3. The molecule has 0 bridgehead atoms. The van der Waals surface area contributed by atoms with Crippen LogP contribution in [0.15, 0.2) is 12.7 Å². The molecule has 0 aliphatic rings. The van der Waals surface area contributed by atoms with Crippen molar-refractivity contribution >= 4 is 6.29 Å². The third-order valence-corrected chi connectivity index (χ3v) is 1.26. The Bertz CT molecular complexity index is 91.4. The molecule has 0 fully saturated rings. The van der Waals surface area contributed by atoms with E-state index in [1.54, 1.807) is 0 Å². The molecule has 0 heterocycles. The minimum Gasteiger partial charge on any atom is -0.302 e. The average Bonchev–Trinajstić information content (AvgIpc) is 1.90. The Balaban J connectivity index is 3.48. The van der Waals surface area contributed by atoms with Crippen molar-refractivity contribution in [3.05, 3.63) is 12.7 Å². The summed E-state index contributed by atoms with van der Waals surface area (Å²) in [7, 11) is 0. The van der Waals surface area contributed by atoms with Crippen LogP contribution in [-0.4, -0.2) is 30.8 Å². The third-order valence-electron chi connectivity index (χ3n) is 1.26. The van der Waals surface area contributed by atoms with Crippen LogP contribution in [0, 0.1) is 0 Å². The van der Waals surface area contributed by atoms with Crippen molar-refractivity contribution in [3.8, 4) is 0 Å². The first-order chi connectivity index (χ1) is 4.85. The van der Waals surface area contributed by atoms with Gasteiger partial charge in [-0.3, -0.25) is 4.90 Å². The number of rotatable bonds is 6. The van der Waals surface area contributed by atoms with Crippen LogP contribution in [0.25, 0.3) is 0 Å². The van der Waals surface area contributed by atoms with E-state index in [9.17, 15) is 4.79 Å². The van der Waals surface area contributed by atoms with Crippen LogP contribution in [0.1, 0.15) is 13.3 Å². The van der Waals surface area contributed by atoms with Crippen molar-refractivity contribution in [3.63, 3.8) is 0 Å². The fourth-order valence-corrected chi connectivity index (χ4v) is 0.861. The van der Waals surface area contributed by atoms with Gasteiger partial charge in [0.2, 0.25) is 0 Å². The maximum Gasteiger partial charge on any atom is 0.133 e. The van der Waals surface area contributed by atoms with E-state index < -0.39 is 0 Å². The molecule has 0 aliphatic carbocycles. The number of hydrogen-bond donors (Lipinski definition) is 0. The Hall–Kier alpha value is -0.630. The zero-order valence-corrected chi connectivity index (χ0v) is 6.55. The normalized spacial score (nSPS) is 9.80. The number of hydrogen-bond acceptors (Lipinski definition) is 2. The number of carbonyl (C=O) groups excluding carboxylic acids is 1. The maximum atomic E-state index is 10.1. The molecular formula is C8H15NO. The van der Waals surface area contributed by atoms with Crippen LogP contribution in [0.3, 0.4) is 0 Å². The van der Waals surface area contributed by atoms with E-state index in [1.807, 2.05) is 6.08 Å².